The number of rotatable bonds is 5. The zero-order valence-corrected chi connectivity index (χ0v) is 9.97. The Morgan fingerprint density at radius 3 is 2.67 bits per heavy atom. The minimum absolute atomic E-state index is 0.135. The van der Waals surface area contributed by atoms with Gasteiger partial charge in [-0.3, -0.25) is 4.79 Å². The highest BCUT2D eigenvalue weighted by molar-refractivity contribution is 5.92. The predicted molar refractivity (Wildman–Crippen MR) is 63.4 cm³/mol. The van der Waals surface area contributed by atoms with E-state index in [1.54, 1.807) is 18.2 Å². The van der Waals surface area contributed by atoms with Gasteiger partial charge in [-0.05, 0) is 24.6 Å². The van der Waals surface area contributed by atoms with Crippen LogP contribution in [0.1, 0.15) is 12.0 Å². The molecule has 3 nitrogen and oxygen atoms in total. The van der Waals surface area contributed by atoms with Crippen LogP contribution < -0.4 is 10.6 Å². The number of hydrogen-bond acceptors (Lipinski definition) is 2. The van der Waals surface area contributed by atoms with Crippen LogP contribution in [-0.2, 0) is 4.79 Å². The molecule has 0 aliphatic carbocycles. The molecule has 0 unspecified atom stereocenters. The average Bonchev–Trinajstić information content (AvgIpc) is 2.23. The molecule has 0 heterocycles. The summed E-state index contributed by atoms with van der Waals surface area (Å²) in [4.78, 5) is 11.4. The van der Waals surface area contributed by atoms with Gasteiger partial charge in [0.25, 0.3) is 0 Å². The fourth-order valence-corrected chi connectivity index (χ4v) is 1.36. The lowest BCUT2D eigenvalue weighted by molar-refractivity contribution is -0.134. The number of carbonyl (C=O) groups excluding carboxylic acids is 1. The quantitative estimate of drug-likeness (QED) is 0.798. The zero-order valence-electron chi connectivity index (χ0n) is 9.97. The first kappa shape index (κ1) is 14.5. The summed E-state index contributed by atoms with van der Waals surface area (Å²) in [6.07, 6.45) is -5.13. The minimum Gasteiger partial charge on any atom is -0.325 e. The predicted octanol–water partition coefficient (Wildman–Crippen LogP) is 2.48. The van der Waals surface area contributed by atoms with Crippen molar-refractivity contribution in [1.82, 2.24) is 5.32 Å². The van der Waals surface area contributed by atoms with Crippen molar-refractivity contribution in [2.24, 2.45) is 0 Å². The van der Waals surface area contributed by atoms with Gasteiger partial charge >= 0.3 is 6.18 Å². The molecule has 1 amide bonds. The standard InChI is InChI=1S/C12H15F3N2O/c1-9-3-2-4-10(7-9)17-11(18)8-16-6-5-12(13,14)15/h2-4,7,16H,5-6,8H2,1H3,(H,17,18). The van der Waals surface area contributed by atoms with Gasteiger partial charge in [0.05, 0.1) is 13.0 Å². The molecule has 1 aromatic carbocycles. The molecule has 0 saturated heterocycles. The Morgan fingerprint density at radius 2 is 2.06 bits per heavy atom. The first-order chi connectivity index (χ1) is 8.37. The molecular weight excluding hydrogens is 245 g/mol. The normalized spacial score (nSPS) is 11.3. The maximum absolute atomic E-state index is 11.8. The van der Waals surface area contributed by atoms with Gasteiger partial charge in [-0.1, -0.05) is 12.1 Å². The van der Waals surface area contributed by atoms with Crippen LogP contribution in [0.3, 0.4) is 0 Å². The molecule has 6 heteroatoms. The zero-order chi connectivity index (χ0) is 13.6. The largest absolute Gasteiger partial charge is 0.390 e. The third-order valence-corrected chi connectivity index (χ3v) is 2.17. The molecule has 0 bridgehead atoms. The van der Waals surface area contributed by atoms with Gasteiger partial charge in [-0.2, -0.15) is 13.2 Å². The van der Waals surface area contributed by atoms with Crippen molar-refractivity contribution in [3.8, 4) is 0 Å². The number of hydrogen-bond donors (Lipinski definition) is 2. The molecule has 18 heavy (non-hydrogen) atoms. The number of carbonyl (C=O) groups is 1. The number of aryl methyl sites for hydroxylation is 1. The highest BCUT2D eigenvalue weighted by atomic mass is 19.4. The Balaban J connectivity index is 2.26. The van der Waals surface area contributed by atoms with Crippen molar-refractivity contribution in [1.29, 1.82) is 0 Å². The van der Waals surface area contributed by atoms with E-state index in [9.17, 15) is 18.0 Å². The number of benzene rings is 1. The Labute approximate surface area is 103 Å². The van der Waals surface area contributed by atoms with Crippen LogP contribution in [0.2, 0.25) is 0 Å². The van der Waals surface area contributed by atoms with Gasteiger partial charge in [0.1, 0.15) is 0 Å². The molecule has 0 fully saturated rings. The highest BCUT2D eigenvalue weighted by Gasteiger charge is 2.25. The molecule has 0 aromatic heterocycles. The first-order valence-electron chi connectivity index (χ1n) is 5.51. The van der Waals surface area contributed by atoms with Crippen LogP contribution in [-0.4, -0.2) is 25.2 Å². The molecule has 0 aliphatic rings. The molecule has 0 atom stereocenters. The summed E-state index contributed by atoms with van der Waals surface area (Å²) in [5, 5.41) is 5.04. The van der Waals surface area contributed by atoms with E-state index in [4.69, 9.17) is 0 Å². The highest BCUT2D eigenvalue weighted by Crippen LogP contribution is 2.18. The Hall–Kier alpha value is -1.56. The number of alkyl halides is 3. The second-order valence-electron chi connectivity index (χ2n) is 3.96. The summed E-state index contributed by atoms with van der Waals surface area (Å²) in [5.74, 6) is -0.359. The van der Waals surface area contributed by atoms with E-state index < -0.39 is 12.6 Å². The molecule has 0 aliphatic heterocycles. The Kier molecular flexibility index (Phi) is 5.15. The molecule has 0 spiro atoms. The smallest absolute Gasteiger partial charge is 0.325 e. The summed E-state index contributed by atoms with van der Waals surface area (Å²) in [6.45, 7) is 1.49. The van der Waals surface area contributed by atoms with Gasteiger partial charge in [0.2, 0.25) is 5.91 Å². The fraction of sp³-hybridized carbons (Fsp3) is 0.417. The van der Waals surface area contributed by atoms with Crippen molar-refractivity contribution in [2.45, 2.75) is 19.5 Å². The fourth-order valence-electron chi connectivity index (χ4n) is 1.36. The van der Waals surface area contributed by atoms with Crippen LogP contribution in [0.15, 0.2) is 24.3 Å². The maximum atomic E-state index is 11.8. The van der Waals surface area contributed by atoms with Crippen molar-refractivity contribution in [2.75, 3.05) is 18.4 Å². The topological polar surface area (TPSA) is 41.1 Å². The SMILES string of the molecule is Cc1cccc(NC(=O)CNCCC(F)(F)F)c1. The molecule has 2 N–H and O–H groups in total. The molecule has 100 valence electrons. The van der Waals surface area contributed by atoms with Crippen LogP contribution in [0.5, 0.6) is 0 Å². The summed E-state index contributed by atoms with van der Waals surface area (Å²) in [5.41, 5.74) is 1.63. The molecule has 1 aromatic rings. The minimum atomic E-state index is -4.19. The second kappa shape index (κ2) is 6.39. The van der Waals surface area contributed by atoms with Gasteiger partial charge in [-0.15, -0.1) is 0 Å². The van der Waals surface area contributed by atoms with E-state index in [0.29, 0.717) is 5.69 Å². The summed E-state index contributed by atoms with van der Waals surface area (Å²) < 4.78 is 35.5. The monoisotopic (exact) mass is 260 g/mol. The van der Waals surface area contributed by atoms with E-state index in [-0.39, 0.29) is 19.0 Å². The van der Waals surface area contributed by atoms with Crippen LogP contribution >= 0.6 is 0 Å². The van der Waals surface area contributed by atoms with Gasteiger partial charge in [0, 0.05) is 12.2 Å². The van der Waals surface area contributed by atoms with Crippen molar-refractivity contribution in [3.63, 3.8) is 0 Å². The van der Waals surface area contributed by atoms with Gasteiger partial charge in [0.15, 0.2) is 0 Å². The van der Waals surface area contributed by atoms with E-state index in [1.807, 2.05) is 13.0 Å². The van der Waals surface area contributed by atoms with Gasteiger partial charge < -0.3 is 10.6 Å². The Bertz CT molecular complexity index is 405. The molecule has 0 radical (unpaired) electrons. The Morgan fingerprint density at radius 1 is 1.33 bits per heavy atom. The van der Waals surface area contributed by atoms with E-state index in [0.717, 1.165) is 5.56 Å². The van der Waals surface area contributed by atoms with Crippen LogP contribution in [0.4, 0.5) is 18.9 Å². The number of nitrogens with one attached hydrogen (secondary N) is 2. The van der Waals surface area contributed by atoms with E-state index in [2.05, 4.69) is 10.6 Å². The van der Waals surface area contributed by atoms with Gasteiger partial charge in [-0.25, -0.2) is 0 Å². The van der Waals surface area contributed by atoms with Crippen molar-refractivity contribution >= 4 is 11.6 Å². The third kappa shape index (κ3) is 6.24. The summed E-state index contributed by atoms with van der Waals surface area (Å²) >= 11 is 0. The number of anilines is 1. The lowest BCUT2D eigenvalue weighted by Gasteiger charge is -2.08. The lowest BCUT2D eigenvalue weighted by Crippen LogP contribution is -2.30. The van der Waals surface area contributed by atoms with Crippen LogP contribution in [0, 0.1) is 6.92 Å². The van der Waals surface area contributed by atoms with E-state index >= 15 is 0 Å². The molecule has 0 saturated carbocycles. The third-order valence-electron chi connectivity index (χ3n) is 2.17. The maximum Gasteiger partial charge on any atom is 0.390 e. The summed E-state index contributed by atoms with van der Waals surface area (Å²) in [6, 6.07) is 7.19. The number of amides is 1. The van der Waals surface area contributed by atoms with Crippen molar-refractivity contribution in [3.05, 3.63) is 29.8 Å². The van der Waals surface area contributed by atoms with E-state index in [1.165, 1.54) is 0 Å². The summed E-state index contributed by atoms with van der Waals surface area (Å²) in [7, 11) is 0. The molecular formula is C12H15F3N2O. The lowest BCUT2D eigenvalue weighted by atomic mass is 10.2. The molecule has 1 rings (SSSR count). The van der Waals surface area contributed by atoms with Crippen LogP contribution in [0.25, 0.3) is 0 Å². The second-order valence-corrected chi connectivity index (χ2v) is 3.96. The van der Waals surface area contributed by atoms with Crippen molar-refractivity contribution < 1.29 is 18.0 Å². The average molecular weight is 260 g/mol. The first-order valence-corrected chi connectivity index (χ1v) is 5.51. The number of halogens is 3.